The fourth-order valence-corrected chi connectivity index (χ4v) is 2.95. The molecule has 1 aliphatic heterocycles. The molecule has 0 spiro atoms. The second kappa shape index (κ2) is 6.18. The van der Waals surface area contributed by atoms with Gasteiger partial charge in [-0.05, 0) is 51.3 Å². The average molecular weight is 232 g/mol. The van der Waals surface area contributed by atoms with Crippen molar-refractivity contribution < 1.29 is 0 Å². The summed E-state index contributed by atoms with van der Waals surface area (Å²) in [5.41, 5.74) is 7.06. The van der Waals surface area contributed by atoms with Crippen LogP contribution >= 0.6 is 0 Å². The van der Waals surface area contributed by atoms with Crippen LogP contribution in [-0.2, 0) is 0 Å². The predicted octanol–water partition coefficient (Wildman–Crippen LogP) is 2.95. The number of likely N-dealkylation sites (tertiary alicyclic amines) is 1. The predicted molar refractivity (Wildman–Crippen MR) is 72.9 cm³/mol. The Labute approximate surface area is 105 Å². The molecule has 2 rings (SSSR count). The molecule has 0 aliphatic carbocycles. The number of hydrogen-bond acceptors (Lipinski definition) is 2. The Kier molecular flexibility index (Phi) is 4.57. The van der Waals surface area contributed by atoms with E-state index in [1.54, 1.807) is 0 Å². The topological polar surface area (TPSA) is 29.3 Å². The summed E-state index contributed by atoms with van der Waals surface area (Å²) in [4.78, 5) is 2.66. The van der Waals surface area contributed by atoms with Gasteiger partial charge in [-0.1, -0.05) is 30.3 Å². The van der Waals surface area contributed by atoms with Gasteiger partial charge >= 0.3 is 0 Å². The Morgan fingerprint density at radius 1 is 1.35 bits per heavy atom. The first kappa shape index (κ1) is 12.6. The maximum atomic E-state index is 5.62. The lowest BCUT2D eigenvalue weighted by Gasteiger charge is -2.31. The summed E-state index contributed by atoms with van der Waals surface area (Å²) in [5.74, 6) is 0. The fourth-order valence-electron chi connectivity index (χ4n) is 2.95. The summed E-state index contributed by atoms with van der Waals surface area (Å²) in [7, 11) is 0. The highest BCUT2D eigenvalue weighted by Crippen LogP contribution is 2.30. The maximum absolute atomic E-state index is 5.62. The summed E-state index contributed by atoms with van der Waals surface area (Å²) in [5, 5.41) is 0. The van der Waals surface area contributed by atoms with E-state index in [2.05, 4.69) is 42.2 Å². The highest BCUT2D eigenvalue weighted by Gasteiger charge is 2.28. The van der Waals surface area contributed by atoms with Crippen molar-refractivity contribution in [3.8, 4) is 0 Å². The molecule has 2 atom stereocenters. The minimum Gasteiger partial charge on any atom is -0.330 e. The van der Waals surface area contributed by atoms with Crippen LogP contribution in [0.25, 0.3) is 0 Å². The van der Waals surface area contributed by atoms with E-state index in [4.69, 9.17) is 5.73 Å². The molecule has 17 heavy (non-hydrogen) atoms. The largest absolute Gasteiger partial charge is 0.330 e. The number of nitrogens with zero attached hydrogens (tertiary/aromatic N) is 1. The zero-order chi connectivity index (χ0) is 12.1. The monoisotopic (exact) mass is 232 g/mol. The Hall–Kier alpha value is -0.860. The zero-order valence-corrected chi connectivity index (χ0v) is 10.8. The molecular weight excluding hydrogens is 208 g/mol. The van der Waals surface area contributed by atoms with Crippen LogP contribution in [0.2, 0.25) is 0 Å². The molecule has 1 saturated heterocycles. The van der Waals surface area contributed by atoms with Gasteiger partial charge in [0.15, 0.2) is 0 Å². The molecule has 1 heterocycles. The summed E-state index contributed by atoms with van der Waals surface area (Å²) in [6.07, 6.45) is 5.10. The lowest BCUT2D eigenvalue weighted by Crippen LogP contribution is -2.32. The van der Waals surface area contributed by atoms with Crippen LogP contribution in [0.1, 0.15) is 44.2 Å². The van der Waals surface area contributed by atoms with Gasteiger partial charge in [0.25, 0.3) is 0 Å². The molecule has 94 valence electrons. The van der Waals surface area contributed by atoms with Crippen molar-refractivity contribution in [1.29, 1.82) is 0 Å². The minimum absolute atomic E-state index is 0.543. The summed E-state index contributed by atoms with van der Waals surface area (Å²) >= 11 is 0. The van der Waals surface area contributed by atoms with Crippen molar-refractivity contribution in [1.82, 2.24) is 4.90 Å². The number of rotatable bonds is 5. The molecule has 0 aromatic heterocycles. The smallest absolute Gasteiger partial charge is 0.0322 e. The molecule has 1 aromatic carbocycles. The third kappa shape index (κ3) is 3.08. The van der Waals surface area contributed by atoms with Crippen LogP contribution in [0.3, 0.4) is 0 Å². The van der Waals surface area contributed by atoms with Gasteiger partial charge in [0.2, 0.25) is 0 Å². The first-order valence-corrected chi connectivity index (χ1v) is 6.83. The van der Waals surface area contributed by atoms with Crippen molar-refractivity contribution in [3.05, 3.63) is 35.9 Å². The third-order valence-corrected chi connectivity index (χ3v) is 3.94. The zero-order valence-electron chi connectivity index (χ0n) is 10.8. The number of hydrogen-bond donors (Lipinski definition) is 1. The summed E-state index contributed by atoms with van der Waals surface area (Å²) < 4.78 is 0. The van der Waals surface area contributed by atoms with Gasteiger partial charge in [0, 0.05) is 12.1 Å². The molecule has 2 heteroatoms. The van der Waals surface area contributed by atoms with Crippen LogP contribution in [0.15, 0.2) is 30.3 Å². The Balaban J connectivity index is 2.00. The second-order valence-corrected chi connectivity index (χ2v) is 5.05. The standard InChI is InChI=1S/C15H24N2/c1-13(14-7-3-2-4-8-14)17-12-6-10-15(17)9-5-11-16/h2-4,7-8,13,15H,5-6,9-12,16H2,1H3. The quantitative estimate of drug-likeness (QED) is 0.845. The molecule has 0 bridgehead atoms. The summed E-state index contributed by atoms with van der Waals surface area (Å²) in [6.45, 7) is 4.39. The van der Waals surface area contributed by atoms with Gasteiger partial charge in [0.1, 0.15) is 0 Å². The van der Waals surface area contributed by atoms with E-state index in [-0.39, 0.29) is 0 Å². The molecule has 2 unspecified atom stereocenters. The SMILES string of the molecule is CC(c1ccccc1)N1CCCC1CCCN. The van der Waals surface area contributed by atoms with Crippen LogP contribution in [-0.4, -0.2) is 24.0 Å². The average Bonchev–Trinajstić information content (AvgIpc) is 2.84. The first-order chi connectivity index (χ1) is 8.33. The van der Waals surface area contributed by atoms with E-state index >= 15 is 0 Å². The van der Waals surface area contributed by atoms with E-state index in [1.165, 1.54) is 31.4 Å². The molecule has 1 aliphatic rings. The molecule has 1 fully saturated rings. The fraction of sp³-hybridized carbons (Fsp3) is 0.600. The summed E-state index contributed by atoms with van der Waals surface area (Å²) in [6, 6.07) is 12.1. The number of nitrogens with two attached hydrogens (primary N) is 1. The van der Waals surface area contributed by atoms with E-state index in [1.807, 2.05) is 0 Å². The van der Waals surface area contributed by atoms with Crippen molar-refractivity contribution >= 4 is 0 Å². The van der Waals surface area contributed by atoms with Crippen LogP contribution < -0.4 is 5.73 Å². The van der Waals surface area contributed by atoms with Gasteiger partial charge in [0.05, 0.1) is 0 Å². The van der Waals surface area contributed by atoms with E-state index < -0.39 is 0 Å². The highest BCUT2D eigenvalue weighted by atomic mass is 15.2. The highest BCUT2D eigenvalue weighted by molar-refractivity contribution is 5.18. The minimum atomic E-state index is 0.543. The van der Waals surface area contributed by atoms with Crippen LogP contribution in [0.5, 0.6) is 0 Å². The lowest BCUT2D eigenvalue weighted by molar-refractivity contribution is 0.183. The van der Waals surface area contributed by atoms with Gasteiger partial charge in [-0.15, -0.1) is 0 Å². The molecule has 0 amide bonds. The van der Waals surface area contributed by atoms with E-state index in [0.717, 1.165) is 19.0 Å². The molecule has 0 saturated carbocycles. The van der Waals surface area contributed by atoms with Crippen molar-refractivity contribution in [3.63, 3.8) is 0 Å². The molecule has 0 radical (unpaired) electrons. The van der Waals surface area contributed by atoms with E-state index in [9.17, 15) is 0 Å². The van der Waals surface area contributed by atoms with Crippen molar-refractivity contribution in [2.75, 3.05) is 13.1 Å². The maximum Gasteiger partial charge on any atom is 0.0322 e. The first-order valence-electron chi connectivity index (χ1n) is 6.83. The lowest BCUT2D eigenvalue weighted by atomic mass is 10.0. The van der Waals surface area contributed by atoms with Gasteiger partial charge in [-0.2, -0.15) is 0 Å². The Morgan fingerprint density at radius 2 is 2.12 bits per heavy atom. The van der Waals surface area contributed by atoms with Gasteiger partial charge in [-0.3, -0.25) is 4.90 Å². The molecular formula is C15H24N2. The Morgan fingerprint density at radius 3 is 2.82 bits per heavy atom. The second-order valence-electron chi connectivity index (χ2n) is 5.05. The van der Waals surface area contributed by atoms with E-state index in [0.29, 0.717) is 6.04 Å². The normalized spacial score (nSPS) is 22.8. The third-order valence-electron chi connectivity index (χ3n) is 3.94. The van der Waals surface area contributed by atoms with Crippen LogP contribution in [0.4, 0.5) is 0 Å². The van der Waals surface area contributed by atoms with Crippen molar-refractivity contribution in [2.24, 2.45) is 5.73 Å². The van der Waals surface area contributed by atoms with Gasteiger partial charge in [-0.25, -0.2) is 0 Å². The van der Waals surface area contributed by atoms with Crippen LogP contribution in [0, 0.1) is 0 Å². The molecule has 2 N–H and O–H groups in total. The number of benzene rings is 1. The van der Waals surface area contributed by atoms with Gasteiger partial charge < -0.3 is 5.73 Å². The Bertz CT molecular complexity index is 323. The molecule has 1 aromatic rings. The molecule has 2 nitrogen and oxygen atoms in total. The van der Waals surface area contributed by atoms with Crippen molar-refractivity contribution in [2.45, 2.75) is 44.7 Å².